The fourth-order valence-corrected chi connectivity index (χ4v) is 2.45. The number of hydrogen-bond donors (Lipinski definition) is 1. The van der Waals surface area contributed by atoms with Crippen molar-refractivity contribution >= 4 is 17.5 Å². The number of hydrogen-bond acceptors (Lipinski definition) is 3. The summed E-state index contributed by atoms with van der Waals surface area (Å²) in [5.41, 5.74) is 6.80. The van der Waals surface area contributed by atoms with E-state index in [1.54, 1.807) is 30.1 Å². The summed E-state index contributed by atoms with van der Waals surface area (Å²) in [6.45, 7) is 4.75. The predicted molar refractivity (Wildman–Crippen MR) is 93.5 cm³/mol. The van der Waals surface area contributed by atoms with Crippen LogP contribution in [0.4, 0.5) is 0 Å². The molecule has 2 rings (SSSR count). The molecule has 0 fully saturated rings. The summed E-state index contributed by atoms with van der Waals surface area (Å²) in [6, 6.07) is 10.9. The zero-order valence-corrected chi connectivity index (χ0v) is 14.5. The number of carbonyl (C=O) groups is 1. The zero-order valence-electron chi connectivity index (χ0n) is 13.8. The quantitative estimate of drug-likeness (QED) is 0.867. The van der Waals surface area contributed by atoms with Crippen LogP contribution in [0.5, 0.6) is 0 Å². The van der Waals surface area contributed by atoms with Crippen LogP contribution in [0.3, 0.4) is 0 Å². The van der Waals surface area contributed by atoms with Crippen molar-refractivity contribution in [1.82, 2.24) is 4.90 Å². The highest BCUT2D eigenvalue weighted by molar-refractivity contribution is 6.33. The molecule has 0 bridgehead atoms. The molecule has 0 aliphatic rings. The first-order valence-corrected chi connectivity index (χ1v) is 8.13. The van der Waals surface area contributed by atoms with Crippen molar-refractivity contribution in [2.24, 2.45) is 11.7 Å². The molecular formula is C18H23ClN2O2. The van der Waals surface area contributed by atoms with Crippen molar-refractivity contribution in [2.45, 2.75) is 26.3 Å². The Morgan fingerprint density at radius 1 is 1.26 bits per heavy atom. The second-order valence-corrected chi connectivity index (χ2v) is 6.47. The summed E-state index contributed by atoms with van der Waals surface area (Å²) >= 11 is 6.16. The molecule has 0 spiro atoms. The van der Waals surface area contributed by atoms with E-state index in [1.807, 2.05) is 18.2 Å². The molecule has 1 unspecified atom stereocenters. The average Bonchev–Trinajstić information content (AvgIpc) is 3.01. The zero-order chi connectivity index (χ0) is 17.0. The Balaban J connectivity index is 2.05. The molecule has 0 aliphatic carbocycles. The lowest BCUT2D eigenvalue weighted by atomic mass is 10.0. The molecule has 23 heavy (non-hydrogen) atoms. The number of benzene rings is 1. The topological polar surface area (TPSA) is 59.5 Å². The van der Waals surface area contributed by atoms with Crippen LogP contribution in [0.1, 0.15) is 30.8 Å². The molecule has 0 saturated carbocycles. The van der Waals surface area contributed by atoms with Crippen molar-refractivity contribution in [3.05, 3.63) is 47.2 Å². The van der Waals surface area contributed by atoms with Gasteiger partial charge in [0.05, 0.1) is 5.02 Å². The molecule has 0 aliphatic heterocycles. The van der Waals surface area contributed by atoms with Crippen LogP contribution in [0.2, 0.25) is 5.02 Å². The predicted octanol–water partition coefficient (Wildman–Crippen LogP) is 4.05. The molecule has 5 heteroatoms. The van der Waals surface area contributed by atoms with Gasteiger partial charge in [0.25, 0.3) is 5.91 Å². The largest absolute Gasteiger partial charge is 0.451 e. The number of furan rings is 1. The van der Waals surface area contributed by atoms with E-state index in [2.05, 4.69) is 13.8 Å². The van der Waals surface area contributed by atoms with Crippen LogP contribution < -0.4 is 5.73 Å². The van der Waals surface area contributed by atoms with Gasteiger partial charge in [-0.05, 0) is 36.6 Å². The molecule has 2 aromatic rings. The van der Waals surface area contributed by atoms with Gasteiger partial charge in [-0.2, -0.15) is 0 Å². The Kier molecular flexibility index (Phi) is 5.85. The average molecular weight is 335 g/mol. The third-order valence-corrected chi connectivity index (χ3v) is 4.29. The molecule has 2 N–H and O–H groups in total. The van der Waals surface area contributed by atoms with Gasteiger partial charge in [-0.3, -0.25) is 4.79 Å². The summed E-state index contributed by atoms with van der Waals surface area (Å²) in [5.74, 6) is 1.14. The molecule has 0 saturated heterocycles. The van der Waals surface area contributed by atoms with Crippen molar-refractivity contribution in [3.63, 3.8) is 0 Å². The Morgan fingerprint density at radius 3 is 2.61 bits per heavy atom. The van der Waals surface area contributed by atoms with Crippen LogP contribution >= 0.6 is 11.6 Å². The maximum atomic E-state index is 12.4. The Bertz CT molecular complexity index is 667. The molecule has 1 atom stereocenters. The first-order valence-electron chi connectivity index (χ1n) is 7.76. The van der Waals surface area contributed by atoms with Crippen LogP contribution in [0, 0.1) is 5.92 Å². The molecule has 1 aromatic heterocycles. The lowest BCUT2D eigenvalue weighted by Gasteiger charge is -2.20. The smallest absolute Gasteiger partial charge is 0.289 e. The SMILES string of the molecule is CC(C)C(N)CCN(C)C(=O)c1ccc(-c2ccccc2Cl)o1. The second kappa shape index (κ2) is 7.66. The van der Waals surface area contributed by atoms with E-state index in [-0.39, 0.29) is 11.9 Å². The lowest BCUT2D eigenvalue weighted by Crippen LogP contribution is -2.34. The normalized spacial score (nSPS) is 12.4. The van der Waals surface area contributed by atoms with Gasteiger partial charge >= 0.3 is 0 Å². The summed E-state index contributed by atoms with van der Waals surface area (Å²) in [6.07, 6.45) is 0.762. The molecular weight excluding hydrogens is 312 g/mol. The second-order valence-electron chi connectivity index (χ2n) is 6.07. The number of carbonyl (C=O) groups excluding carboxylic acids is 1. The fraction of sp³-hybridized carbons (Fsp3) is 0.389. The highest BCUT2D eigenvalue weighted by atomic mass is 35.5. The van der Waals surface area contributed by atoms with E-state index >= 15 is 0 Å². The Hall–Kier alpha value is -1.78. The monoisotopic (exact) mass is 334 g/mol. The van der Waals surface area contributed by atoms with Gasteiger partial charge in [0.15, 0.2) is 5.76 Å². The third-order valence-electron chi connectivity index (χ3n) is 3.96. The minimum Gasteiger partial charge on any atom is -0.451 e. The van der Waals surface area contributed by atoms with Gasteiger partial charge in [-0.15, -0.1) is 0 Å². The van der Waals surface area contributed by atoms with Gasteiger partial charge in [0, 0.05) is 25.2 Å². The van der Waals surface area contributed by atoms with Crippen molar-refractivity contribution < 1.29 is 9.21 Å². The highest BCUT2D eigenvalue weighted by Gasteiger charge is 2.18. The van der Waals surface area contributed by atoms with Crippen LogP contribution in [-0.4, -0.2) is 30.4 Å². The summed E-state index contributed by atoms with van der Waals surface area (Å²) in [4.78, 5) is 14.1. The Labute approximate surface area is 142 Å². The van der Waals surface area contributed by atoms with Crippen molar-refractivity contribution in [1.29, 1.82) is 0 Å². The molecule has 1 amide bonds. The molecule has 4 nitrogen and oxygen atoms in total. The number of amides is 1. The van der Waals surface area contributed by atoms with E-state index < -0.39 is 0 Å². The van der Waals surface area contributed by atoms with Crippen LogP contribution in [0.25, 0.3) is 11.3 Å². The van der Waals surface area contributed by atoms with E-state index in [1.165, 1.54) is 0 Å². The van der Waals surface area contributed by atoms with E-state index in [4.69, 9.17) is 21.8 Å². The highest BCUT2D eigenvalue weighted by Crippen LogP contribution is 2.29. The molecule has 0 radical (unpaired) electrons. The van der Waals surface area contributed by atoms with Crippen LogP contribution in [0.15, 0.2) is 40.8 Å². The van der Waals surface area contributed by atoms with Crippen molar-refractivity contribution in [2.75, 3.05) is 13.6 Å². The maximum Gasteiger partial charge on any atom is 0.289 e. The maximum absolute atomic E-state index is 12.4. The molecule has 124 valence electrons. The molecule has 1 aromatic carbocycles. The first-order chi connectivity index (χ1) is 10.9. The fourth-order valence-electron chi connectivity index (χ4n) is 2.22. The third kappa shape index (κ3) is 4.36. The van der Waals surface area contributed by atoms with Crippen LogP contribution in [-0.2, 0) is 0 Å². The summed E-state index contributed by atoms with van der Waals surface area (Å²) in [5, 5.41) is 0.595. The van der Waals surface area contributed by atoms with Gasteiger partial charge in [-0.25, -0.2) is 0 Å². The number of rotatable bonds is 6. The van der Waals surface area contributed by atoms with Gasteiger partial charge in [0.1, 0.15) is 5.76 Å². The summed E-state index contributed by atoms with van der Waals surface area (Å²) < 4.78 is 5.68. The molecule has 1 heterocycles. The van der Waals surface area contributed by atoms with Crippen molar-refractivity contribution in [3.8, 4) is 11.3 Å². The van der Waals surface area contributed by atoms with E-state index in [9.17, 15) is 4.79 Å². The number of halogens is 1. The van der Waals surface area contributed by atoms with E-state index in [0.717, 1.165) is 12.0 Å². The summed E-state index contributed by atoms with van der Waals surface area (Å²) in [7, 11) is 1.76. The lowest BCUT2D eigenvalue weighted by molar-refractivity contribution is 0.0758. The number of nitrogens with zero attached hydrogens (tertiary/aromatic N) is 1. The van der Waals surface area contributed by atoms with Gasteiger partial charge in [-0.1, -0.05) is 37.6 Å². The van der Waals surface area contributed by atoms with Gasteiger partial charge < -0.3 is 15.1 Å². The minimum atomic E-state index is -0.153. The van der Waals surface area contributed by atoms with E-state index in [0.29, 0.717) is 29.0 Å². The Morgan fingerprint density at radius 2 is 1.96 bits per heavy atom. The number of nitrogens with two attached hydrogens (primary N) is 1. The minimum absolute atomic E-state index is 0.0838. The first kappa shape index (κ1) is 17.6. The standard InChI is InChI=1S/C18H23ClN2O2/c1-12(2)15(20)10-11-21(3)18(22)17-9-8-16(23-17)13-6-4-5-7-14(13)19/h4-9,12,15H,10-11,20H2,1-3H3. The van der Waals surface area contributed by atoms with Gasteiger partial charge in [0.2, 0.25) is 0 Å².